The molecule has 0 N–H and O–H groups in total. The number of hydrogen-bond donors (Lipinski definition) is 0. The maximum atomic E-state index is 13.0. The van der Waals surface area contributed by atoms with E-state index in [0.717, 1.165) is 18.1 Å². The lowest BCUT2D eigenvalue weighted by Crippen LogP contribution is -2.49. The van der Waals surface area contributed by atoms with Gasteiger partial charge in [-0.2, -0.15) is 13.2 Å². The van der Waals surface area contributed by atoms with Crippen LogP contribution in [0.1, 0.15) is 34.4 Å². The first-order valence-corrected chi connectivity index (χ1v) is 8.84. The fraction of sp³-hybridized carbons (Fsp3) is 0.421. The van der Waals surface area contributed by atoms with Crippen molar-refractivity contribution in [2.24, 2.45) is 0 Å². The Bertz CT molecular complexity index is 813. The van der Waals surface area contributed by atoms with Gasteiger partial charge in [0.15, 0.2) is 0 Å². The summed E-state index contributed by atoms with van der Waals surface area (Å²) in [4.78, 5) is 23.7. The van der Waals surface area contributed by atoms with Crippen molar-refractivity contribution >= 4 is 11.7 Å². The highest BCUT2D eigenvalue weighted by molar-refractivity contribution is 5.94. The van der Waals surface area contributed by atoms with Crippen molar-refractivity contribution in [3.8, 4) is 0 Å². The molecule has 2 heterocycles. The van der Waals surface area contributed by atoms with Crippen molar-refractivity contribution in [3.63, 3.8) is 0 Å². The Morgan fingerprint density at radius 2 is 1.70 bits per heavy atom. The van der Waals surface area contributed by atoms with Crippen LogP contribution in [0, 0.1) is 6.92 Å². The Kier molecular flexibility index (Phi) is 5.34. The van der Waals surface area contributed by atoms with Crippen molar-refractivity contribution in [1.82, 2.24) is 14.9 Å². The second-order valence-electron chi connectivity index (χ2n) is 6.49. The van der Waals surface area contributed by atoms with Gasteiger partial charge in [0, 0.05) is 37.8 Å². The van der Waals surface area contributed by atoms with Crippen LogP contribution in [-0.2, 0) is 12.6 Å². The third-order valence-electron chi connectivity index (χ3n) is 4.61. The first-order valence-electron chi connectivity index (χ1n) is 8.84. The molecule has 0 radical (unpaired) electrons. The third-order valence-corrected chi connectivity index (χ3v) is 4.61. The molecule has 1 saturated heterocycles. The lowest BCUT2D eigenvalue weighted by atomic mass is 10.1. The van der Waals surface area contributed by atoms with E-state index in [1.165, 1.54) is 6.92 Å². The molecule has 1 aromatic heterocycles. The first kappa shape index (κ1) is 19.1. The summed E-state index contributed by atoms with van der Waals surface area (Å²) in [5.74, 6) is 0.260. The molecular weight excluding hydrogens is 357 g/mol. The number of halogens is 3. The van der Waals surface area contributed by atoms with Crippen LogP contribution < -0.4 is 4.90 Å². The number of amides is 1. The highest BCUT2D eigenvalue weighted by atomic mass is 19.4. The fourth-order valence-electron chi connectivity index (χ4n) is 3.06. The number of carbonyl (C=O) groups is 1. The van der Waals surface area contributed by atoms with E-state index in [2.05, 4.69) is 16.9 Å². The number of carbonyl (C=O) groups excluding carboxylic acids is 1. The number of rotatable bonds is 3. The summed E-state index contributed by atoms with van der Waals surface area (Å²) in [5.41, 5.74) is 0.841. The average Bonchev–Trinajstić information content (AvgIpc) is 2.66. The van der Waals surface area contributed by atoms with Gasteiger partial charge < -0.3 is 9.80 Å². The van der Waals surface area contributed by atoms with Gasteiger partial charge in [0.25, 0.3) is 5.91 Å². The fourth-order valence-corrected chi connectivity index (χ4v) is 3.06. The van der Waals surface area contributed by atoms with Crippen molar-refractivity contribution in [3.05, 3.63) is 53.0 Å². The molecule has 1 aromatic carbocycles. The summed E-state index contributed by atoms with van der Waals surface area (Å²) < 4.78 is 38.9. The van der Waals surface area contributed by atoms with Crippen LogP contribution in [0.2, 0.25) is 0 Å². The Hall–Kier alpha value is -2.64. The summed E-state index contributed by atoms with van der Waals surface area (Å²) in [6.45, 7) is 5.20. The zero-order valence-electron chi connectivity index (χ0n) is 15.3. The molecule has 1 aliphatic heterocycles. The molecule has 0 aliphatic carbocycles. The van der Waals surface area contributed by atoms with Crippen molar-refractivity contribution in [2.75, 3.05) is 31.1 Å². The predicted molar refractivity (Wildman–Crippen MR) is 95.7 cm³/mol. The molecule has 144 valence electrons. The highest BCUT2D eigenvalue weighted by Crippen LogP contribution is 2.30. The van der Waals surface area contributed by atoms with E-state index in [-0.39, 0.29) is 17.5 Å². The number of anilines is 1. The molecule has 1 fully saturated rings. The number of benzene rings is 1. The molecule has 1 aliphatic rings. The number of aromatic nitrogens is 2. The van der Waals surface area contributed by atoms with E-state index in [1.807, 2.05) is 24.3 Å². The minimum absolute atomic E-state index is 0.0628. The summed E-state index contributed by atoms with van der Waals surface area (Å²) in [6.07, 6.45) is -3.60. The lowest BCUT2D eigenvalue weighted by Gasteiger charge is -2.35. The van der Waals surface area contributed by atoms with E-state index in [4.69, 9.17) is 0 Å². The molecule has 8 heteroatoms. The number of alkyl halides is 3. The van der Waals surface area contributed by atoms with Gasteiger partial charge >= 0.3 is 6.18 Å². The summed E-state index contributed by atoms with van der Waals surface area (Å²) in [7, 11) is 0. The second-order valence-corrected chi connectivity index (χ2v) is 6.49. The molecule has 0 atom stereocenters. The second kappa shape index (κ2) is 7.54. The van der Waals surface area contributed by atoms with Gasteiger partial charge in [-0.3, -0.25) is 4.79 Å². The smallest absolute Gasteiger partial charge is 0.353 e. The van der Waals surface area contributed by atoms with Gasteiger partial charge in [-0.1, -0.05) is 19.1 Å². The molecule has 0 unspecified atom stereocenters. The van der Waals surface area contributed by atoms with Crippen LogP contribution in [-0.4, -0.2) is 47.0 Å². The van der Waals surface area contributed by atoms with Crippen molar-refractivity contribution in [2.45, 2.75) is 26.4 Å². The van der Waals surface area contributed by atoms with Crippen LogP contribution in [0.25, 0.3) is 0 Å². The van der Waals surface area contributed by atoms with Crippen molar-refractivity contribution in [1.29, 1.82) is 0 Å². The van der Waals surface area contributed by atoms with E-state index < -0.39 is 11.9 Å². The molecule has 3 rings (SSSR count). The highest BCUT2D eigenvalue weighted by Gasteiger charge is 2.34. The Balaban J connectivity index is 1.68. The predicted octanol–water partition coefficient (Wildman–Crippen LogP) is 3.33. The number of piperazine rings is 1. The minimum atomic E-state index is -4.51. The normalized spacial score (nSPS) is 15.1. The van der Waals surface area contributed by atoms with Gasteiger partial charge in [-0.05, 0) is 31.0 Å². The quantitative estimate of drug-likeness (QED) is 0.822. The standard InChI is InChI=1S/C19H21F3N4O/c1-3-14-4-6-15(7-5-14)18(27)26-10-8-25(9-11-26)17-12-16(19(20,21)22)23-13(2)24-17/h4-7,12H,3,8-11H2,1-2H3. The summed E-state index contributed by atoms with van der Waals surface area (Å²) in [5, 5.41) is 0. The van der Waals surface area contributed by atoms with Crippen LogP contribution >= 0.6 is 0 Å². The van der Waals surface area contributed by atoms with Gasteiger partial charge in [0.2, 0.25) is 0 Å². The summed E-state index contributed by atoms with van der Waals surface area (Å²) >= 11 is 0. The van der Waals surface area contributed by atoms with Crippen LogP contribution in [0.15, 0.2) is 30.3 Å². The Labute approximate surface area is 155 Å². The molecule has 1 amide bonds. The maximum absolute atomic E-state index is 13.0. The summed E-state index contributed by atoms with van der Waals surface area (Å²) in [6, 6.07) is 8.47. The number of nitrogens with zero attached hydrogens (tertiary/aromatic N) is 4. The van der Waals surface area contributed by atoms with Crippen LogP contribution in [0.4, 0.5) is 19.0 Å². The van der Waals surface area contributed by atoms with Gasteiger partial charge in [0.1, 0.15) is 17.3 Å². The number of hydrogen-bond acceptors (Lipinski definition) is 4. The molecular formula is C19H21F3N4O. The van der Waals surface area contributed by atoms with E-state index in [1.54, 1.807) is 9.80 Å². The zero-order chi connectivity index (χ0) is 19.6. The Morgan fingerprint density at radius 3 is 2.26 bits per heavy atom. The average molecular weight is 378 g/mol. The van der Waals surface area contributed by atoms with E-state index in [9.17, 15) is 18.0 Å². The van der Waals surface area contributed by atoms with Crippen molar-refractivity contribution < 1.29 is 18.0 Å². The number of aryl methyl sites for hydroxylation is 2. The monoisotopic (exact) mass is 378 g/mol. The topological polar surface area (TPSA) is 49.3 Å². The minimum Gasteiger partial charge on any atom is -0.353 e. The molecule has 0 bridgehead atoms. The maximum Gasteiger partial charge on any atom is 0.433 e. The molecule has 5 nitrogen and oxygen atoms in total. The third kappa shape index (κ3) is 4.37. The first-order chi connectivity index (χ1) is 12.8. The Morgan fingerprint density at radius 1 is 1.07 bits per heavy atom. The molecule has 0 spiro atoms. The van der Waals surface area contributed by atoms with Crippen LogP contribution in [0.3, 0.4) is 0 Å². The van der Waals surface area contributed by atoms with Gasteiger partial charge in [-0.15, -0.1) is 0 Å². The van der Waals surface area contributed by atoms with Gasteiger partial charge in [-0.25, -0.2) is 9.97 Å². The largest absolute Gasteiger partial charge is 0.433 e. The zero-order valence-corrected chi connectivity index (χ0v) is 15.3. The van der Waals surface area contributed by atoms with E-state index >= 15 is 0 Å². The SMILES string of the molecule is CCc1ccc(C(=O)N2CCN(c3cc(C(F)(F)F)nc(C)n3)CC2)cc1. The molecule has 27 heavy (non-hydrogen) atoms. The van der Waals surface area contributed by atoms with E-state index in [0.29, 0.717) is 31.7 Å². The van der Waals surface area contributed by atoms with Crippen LogP contribution in [0.5, 0.6) is 0 Å². The van der Waals surface area contributed by atoms with Gasteiger partial charge in [0.05, 0.1) is 0 Å². The molecule has 2 aromatic rings. The molecule has 0 saturated carbocycles. The lowest BCUT2D eigenvalue weighted by molar-refractivity contribution is -0.141.